The maximum Gasteiger partial charge on any atom is 0.224 e. The maximum atomic E-state index is 11.6. The summed E-state index contributed by atoms with van der Waals surface area (Å²) in [6.07, 6.45) is 1.36. The van der Waals surface area contributed by atoms with Crippen molar-refractivity contribution in [3.05, 3.63) is 69.3 Å². The molecule has 2 aliphatic heterocycles. The second-order valence-electron chi connectivity index (χ2n) is 7.51. The van der Waals surface area contributed by atoms with E-state index in [1.807, 2.05) is 19.2 Å². The molecule has 2 aliphatic rings. The molecule has 3 N–H and O–H groups in total. The van der Waals surface area contributed by atoms with Crippen LogP contribution < -0.4 is 16.2 Å². The van der Waals surface area contributed by atoms with Crippen molar-refractivity contribution in [2.45, 2.75) is 25.8 Å². The first-order valence-corrected chi connectivity index (χ1v) is 10.6. The molecule has 0 saturated carbocycles. The van der Waals surface area contributed by atoms with Gasteiger partial charge in [0.05, 0.1) is 23.9 Å². The van der Waals surface area contributed by atoms with Gasteiger partial charge in [-0.1, -0.05) is 34.1 Å². The minimum atomic E-state index is 0.0231. The molecule has 0 bridgehead atoms. The van der Waals surface area contributed by atoms with Gasteiger partial charge in [-0.05, 0) is 48.7 Å². The third-order valence-corrected chi connectivity index (χ3v) is 6.10. The molecule has 0 radical (unpaired) electrons. The molecule has 0 saturated heterocycles. The van der Waals surface area contributed by atoms with Crippen LogP contribution in [0.3, 0.4) is 0 Å². The second-order valence-corrected chi connectivity index (χ2v) is 8.42. The number of allylic oxidation sites excluding steroid dienone is 1. The lowest BCUT2D eigenvalue weighted by molar-refractivity contribution is -0.119. The summed E-state index contributed by atoms with van der Waals surface area (Å²) >= 11 is 3.65. The van der Waals surface area contributed by atoms with E-state index in [9.17, 15) is 4.79 Å². The van der Waals surface area contributed by atoms with Gasteiger partial charge in [-0.15, -0.1) is 5.53 Å². The molecule has 0 aliphatic carbocycles. The molecule has 1 amide bonds. The van der Waals surface area contributed by atoms with Gasteiger partial charge in [0.1, 0.15) is 0 Å². The molecule has 4 rings (SSSR count). The van der Waals surface area contributed by atoms with E-state index in [0.717, 1.165) is 28.7 Å². The van der Waals surface area contributed by atoms with Crippen LogP contribution in [-0.2, 0) is 11.2 Å². The Morgan fingerprint density at radius 2 is 2.00 bits per heavy atom. The Kier molecular flexibility index (Phi) is 5.52. The summed E-state index contributed by atoms with van der Waals surface area (Å²) in [5.41, 5.74) is 10.5. The molecule has 29 heavy (non-hydrogen) atoms. The molecule has 2 aromatic rings. The van der Waals surface area contributed by atoms with Crippen LogP contribution in [0, 0.1) is 0 Å². The van der Waals surface area contributed by atoms with Gasteiger partial charge < -0.3 is 10.6 Å². The van der Waals surface area contributed by atoms with Crippen LogP contribution in [0.2, 0.25) is 0 Å². The predicted molar refractivity (Wildman–Crippen MR) is 120 cm³/mol. The lowest BCUT2D eigenvalue weighted by Crippen LogP contribution is -2.39. The minimum Gasteiger partial charge on any atom is -0.378 e. The molecule has 152 valence electrons. The monoisotopic (exact) mass is 455 g/mol. The first kappa shape index (κ1) is 19.8. The molecule has 2 aromatic carbocycles. The maximum absolute atomic E-state index is 11.6. The van der Waals surface area contributed by atoms with Crippen molar-refractivity contribution in [3.8, 4) is 0 Å². The summed E-state index contributed by atoms with van der Waals surface area (Å²) < 4.78 is 1.08. The fraction of sp³-hybridized carbons (Fsp3) is 0.318. The van der Waals surface area contributed by atoms with E-state index >= 15 is 0 Å². The van der Waals surface area contributed by atoms with E-state index in [0.29, 0.717) is 6.42 Å². The average Bonchev–Trinajstić information content (AvgIpc) is 2.91. The summed E-state index contributed by atoms with van der Waals surface area (Å²) in [6.45, 7) is 3.04. The van der Waals surface area contributed by atoms with E-state index in [-0.39, 0.29) is 11.9 Å². The highest BCUT2D eigenvalue weighted by atomic mass is 79.9. The normalized spacial score (nSPS) is 18.3. The molecule has 6 nitrogen and oxygen atoms in total. The predicted octanol–water partition coefficient (Wildman–Crippen LogP) is 3.65. The molecule has 0 fully saturated rings. The van der Waals surface area contributed by atoms with Crippen LogP contribution in [0.5, 0.6) is 0 Å². The van der Waals surface area contributed by atoms with Gasteiger partial charge in [-0.3, -0.25) is 14.8 Å². The Morgan fingerprint density at radius 3 is 2.72 bits per heavy atom. The molecular formula is C22H26BrN5O. The minimum absolute atomic E-state index is 0.0231. The lowest BCUT2D eigenvalue weighted by atomic mass is 9.96. The van der Waals surface area contributed by atoms with Crippen molar-refractivity contribution < 1.29 is 4.79 Å². The number of benzene rings is 2. The third-order valence-electron chi connectivity index (χ3n) is 5.61. The second kappa shape index (κ2) is 8.08. The summed E-state index contributed by atoms with van der Waals surface area (Å²) in [5.74, 6) is 0.0231. The number of likely N-dealkylation sites (N-methyl/N-ethyl adjacent to an activating group) is 1. The van der Waals surface area contributed by atoms with Crippen molar-refractivity contribution in [2.75, 3.05) is 26.0 Å². The highest BCUT2D eigenvalue weighted by Crippen LogP contribution is 2.39. The standard InChI is InChI=1S/C22H26BrN5O/c1-14-22-18-9-6-16(23)13-19(18)20(10-11-28(22)26-27(14)3)25-17-7-4-15(5-8-17)12-21(29)24-2/h4-9,13,20,25-26H,10-12H2,1-3H3,(H,24,29). The topological polar surface area (TPSA) is 59.6 Å². The van der Waals surface area contributed by atoms with Crippen molar-refractivity contribution in [2.24, 2.45) is 0 Å². The van der Waals surface area contributed by atoms with Gasteiger partial charge >= 0.3 is 0 Å². The third kappa shape index (κ3) is 3.97. The molecule has 7 heteroatoms. The number of carbonyl (C=O) groups is 1. The number of carbonyl (C=O) groups excluding carboxylic acids is 1. The van der Waals surface area contributed by atoms with Gasteiger partial charge in [-0.2, -0.15) is 0 Å². The van der Waals surface area contributed by atoms with E-state index < -0.39 is 0 Å². The van der Waals surface area contributed by atoms with Crippen LogP contribution in [0.4, 0.5) is 5.69 Å². The number of hydrazine groups is 2. The summed E-state index contributed by atoms with van der Waals surface area (Å²) in [4.78, 5) is 11.6. The van der Waals surface area contributed by atoms with Crippen molar-refractivity contribution in [3.63, 3.8) is 0 Å². The summed E-state index contributed by atoms with van der Waals surface area (Å²) in [7, 11) is 3.71. The quantitative estimate of drug-likeness (QED) is 0.656. The molecule has 1 unspecified atom stereocenters. The Hall–Kier alpha value is -2.51. The lowest BCUT2D eigenvalue weighted by Gasteiger charge is -2.23. The number of halogens is 1. The van der Waals surface area contributed by atoms with E-state index in [1.165, 1.54) is 22.5 Å². The number of rotatable bonds is 4. The van der Waals surface area contributed by atoms with Gasteiger partial charge in [0.15, 0.2) is 0 Å². The SMILES string of the molecule is CNC(=O)Cc1ccc(NC2CCN3NN(C)C(C)=C3c3ccc(Br)cc32)cc1. The number of anilines is 1. The van der Waals surface area contributed by atoms with Crippen LogP contribution in [0.25, 0.3) is 5.70 Å². The number of amides is 1. The molecule has 0 aromatic heterocycles. The first-order valence-electron chi connectivity index (χ1n) is 9.80. The number of hydrogen-bond acceptors (Lipinski definition) is 5. The van der Waals surface area contributed by atoms with Gasteiger partial charge in [0.2, 0.25) is 5.91 Å². The number of fused-ring (bicyclic) bond motifs is 3. The van der Waals surface area contributed by atoms with Crippen LogP contribution >= 0.6 is 15.9 Å². The largest absolute Gasteiger partial charge is 0.378 e. The Morgan fingerprint density at radius 1 is 1.24 bits per heavy atom. The van der Waals surface area contributed by atoms with Crippen molar-refractivity contribution >= 4 is 33.2 Å². The summed E-state index contributed by atoms with van der Waals surface area (Å²) in [6, 6.07) is 14.8. The highest BCUT2D eigenvalue weighted by Gasteiger charge is 2.32. The summed E-state index contributed by atoms with van der Waals surface area (Å²) in [5, 5.41) is 10.7. The smallest absolute Gasteiger partial charge is 0.224 e. The zero-order valence-electron chi connectivity index (χ0n) is 16.9. The van der Waals surface area contributed by atoms with E-state index in [2.05, 4.69) is 79.4 Å². The van der Waals surface area contributed by atoms with E-state index in [4.69, 9.17) is 0 Å². The van der Waals surface area contributed by atoms with E-state index in [1.54, 1.807) is 7.05 Å². The molecule has 2 heterocycles. The Labute approximate surface area is 180 Å². The van der Waals surface area contributed by atoms with Gasteiger partial charge in [0, 0.05) is 36.4 Å². The Bertz CT molecular complexity index is 956. The zero-order chi connectivity index (χ0) is 20.5. The molecule has 1 atom stereocenters. The van der Waals surface area contributed by atoms with Crippen LogP contribution in [0.1, 0.15) is 36.1 Å². The average molecular weight is 456 g/mol. The molecular weight excluding hydrogens is 430 g/mol. The van der Waals surface area contributed by atoms with Gasteiger partial charge in [0.25, 0.3) is 0 Å². The van der Waals surface area contributed by atoms with Crippen molar-refractivity contribution in [1.82, 2.24) is 20.9 Å². The first-order chi connectivity index (χ1) is 14.0. The zero-order valence-corrected chi connectivity index (χ0v) is 18.5. The van der Waals surface area contributed by atoms with Crippen LogP contribution in [-0.4, -0.2) is 36.6 Å². The highest BCUT2D eigenvalue weighted by molar-refractivity contribution is 9.10. The van der Waals surface area contributed by atoms with Crippen molar-refractivity contribution in [1.29, 1.82) is 0 Å². The van der Waals surface area contributed by atoms with Crippen LogP contribution in [0.15, 0.2) is 52.6 Å². The number of hydrogen-bond donors (Lipinski definition) is 3. The Balaban J connectivity index is 1.63. The molecule has 0 spiro atoms. The fourth-order valence-corrected chi connectivity index (χ4v) is 4.34. The number of nitrogens with one attached hydrogen (secondary N) is 3. The van der Waals surface area contributed by atoms with Gasteiger partial charge in [-0.25, -0.2) is 0 Å². The fourth-order valence-electron chi connectivity index (χ4n) is 3.96. The number of nitrogens with zero attached hydrogens (tertiary/aromatic N) is 2.